The minimum Gasteiger partial charge on any atom is -0.507 e. The summed E-state index contributed by atoms with van der Waals surface area (Å²) in [5, 5.41) is 28.0. The van der Waals surface area contributed by atoms with E-state index in [0.29, 0.717) is 29.8 Å². The summed E-state index contributed by atoms with van der Waals surface area (Å²) in [6.45, 7) is 0.0985. The van der Waals surface area contributed by atoms with Crippen LogP contribution in [0.5, 0.6) is 5.75 Å². The van der Waals surface area contributed by atoms with E-state index < -0.39 is 39.7 Å². The largest absolute Gasteiger partial charge is 0.507 e. The monoisotopic (exact) mass is 737 g/mol. The number of anilines is 5. The van der Waals surface area contributed by atoms with Crippen LogP contribution in [0.1, 0.15) is 6.42 Å². The van der Waals surface area contributed by atoms with Crippen LogP contribution in [0.25, 0.3) is 10.8 Å². The van der Waals surface area contributed by atoms with Gasteiger partial charge in [0.25, 0.3) is 20.2 Å². The number of rotatable bonds is 17. The van der Waals surface area contributed by atoms with Crippen molar-refractivity contribution in [1.29, 1.82) is 0 Å². The zero-order valence-corrected chi connectivity index (χ0v) is 29.1. The number of phenols is 1. The van der Waals surface area contributed by atoms with Crippen LogP contribution < -0.4 is 21.7 Å². The standard InChI is InChI=1S/C27H35N9O10S2Si/c1-44-49(45-2,46-3)15-5-12-29-25-32-26(30-13-14-47(38,39)40)34-27(33-25)31-18-9-11-20(22(16-18)48(41,42)43)35-36-24-19(28)10-8-17-6-4-7-21(37)23(17)24/h4,6-11,16,37H,5,12-15,28H2,1-3H3,(H,38,39,40)(H,41,42,43)(H3,29,30,31,32,33,34)/b36-35+. The van der Waals surface area contributed by atoms with Crippen molar-refractivity contribution in [3.05, 3.63) is 48.5 Å². The van der Waals surface area contributed by atoms with Gasteiger partial charge >= 0.3 is 8.80 Å². The molecule has 264 valence electrons. The fourth-order valence-electron chi connectivity index (χ4n) is 4.52. The van der Waals surface area contributed by atoms with E-state index in [2.05, 4.69) is 41.1 Å². The molecule has 0 fully saturated rings. The fourth-order valence-corrected chi connectivity index (χ4v) is 7.25. The number of nitrogens with one attached hydrogen (secondary N) is 3. The molecule has 19 nitrogen and oxygen atoms in total. The average molecular weight is 738 g/mol. The number of hydrogen-bond acceptors (Lipinski definition) is 17. The normalized spacial score (nSPS) is 12.4. The highest BCUT2D eigenvalue weighted by Crippen LogP contribution is 2.39. The van der Waals surface area contributed by atoms with Gasteiger partial charge in [0, 0.05) is 46.2 Å². The van der Waals surface area contributed by atoms with E-state index in [4.69, 9.17) is 23.6 Å². The second-order valence-corrected chi connectivity index (χ2v) is 16.3. The Bertz CT molecular complexity index is 2040. The van der Waals surface area contributed by atoms with Gasteiger partial charge in [-0.15, -0.1) is 10.2 Å². The molecule has 0 aliphatic heterocycles. The Morgan fingerprint density at radius 3 is 2.14 bits per heavy atom. The number of aromatic hydroxyl groups is 1. The van der Waals surface area contributed by atoms with E-state index in [1.165, 1.54) is 39.5 Å². The first-order valence-corrected chi connectivity index (χ1v) is 19.3. The molecule has 0 atom stereocenters. The van der Waals surface area contributed by atoms with Gasteiger partial charge in [0.1, 0.15) is 22.0 Å². The van der Waals surface area contributed by atoms with Gasteiger partial charge in [0.2, 0.25) is 17.8 Å². The zero-order valence-electron chi connectivity index (χ0n) is 26.5. The number of phenolic OH excluding ortho intramolecular Hbond substituents is 1. The predicted molar refractivity (Wildman–Crippen MR) is 183 cm³/mol. The van der Waals surface area contributed by atoms with Crippen LogP contribution in [-0.4, -0.2) is 95.0 Å². The highest BCUT2D eigenvalue weighted by atomic mass is 32.2. The first-order valence-electron chi connectivity index (χ1n) is 14.3. The van der Waals surface area contributed by atoms with Crippen molar-refractivity contribution in [2.75, 3.05) is 61.9 Å². The molecule has 0 radical (unpaired) electrons. The van der Waals surface area contributed by atoms with E-state index >= 15 is 0 Å². The minimum absolute atomic E-state index is 0.0581. The molecule has 0 saturated carbocycles. The molecule has 4 rings (SSSR count). The third-order valence-corrected chi connectivity index (χ3v) is 11.4. The topological polar surface area (TPSA) is 282 Å². The van der Waals surface area contributed by atoms with Crippen molar-refractivity contribution in [3.63, 3.8) is 0 Å². The minimum atomic E-state index is -4.85. The summed E-state index contributed by atoms with van der Waals surface area (Å²) in [6, 6.07) is 12.3. The van der Waals surface area contributed by atoms with E-state index in [1.807, 2.05) is 0 Å². The van der Waals surface area contributed by atoms with E-state index in [9.17, 15) is 26.5 Å². The number of nitrogens with zero attached hydrogens (tertiary/aromatic N) is 5. The number of azo groups is 1. The van der Waals surface area contributed by atoms with Gasteiger partial charge in [0.05, 0.1) is 16.8 Å². The number of aromatic nitrogens is 3. The molecular weight excluding hydrogens is 703 g/mol. The smallest absolute Gasteiger partial charge is 0.500 e. The molecule has 8 N–H and O–H groups in total. The number of benzene rings is 3. The number of nitrogens with two attached hydrogens (primary N) is 1. The van der Waals surface area contributed by atoms with Crippen molar-refractivity contribution < 1.29 is 44.3 Å². The van der Waals surface area contributed by atoms with Gasteiger partial charge in [-0.05, 0) is 42.1 Å². The van der Waals surface area contributed by atoms with Crippen molar-refractivity contribution in [1.82, 2.24) is 15.0 Å². The summed E-state index contributed by atoms with van der Waals surface area (Å²) >= 11 is 0. The molecule has 0 bridgehead atoms. The molecule has 1 aromatic heterocycles. The van der Waals surface area contributed by atoms with Crippen molar-refractivity contribution >= 4 is 80.4 Å². The average Bonchev–Trinajstić information content (AvgIpc) is 3.04. The fraction of sp³-hybridized carbons (Fsp3) is 0.296. The van der Waals surface area contributed by atoms with Crippen LogP contribution in [0.2, 0.25) is 6.04 Å². The summed E-state index contributed by atoms with van der Waals surface area (Å²) in [6.07, 6.45) is 0.527. The van der Waals surface area contributed by atoms with Crippen LogP contribution in [0, 0.1) is 0 Å². The molecule has 4 aromatic rings. The Balaban J connectivity index is 1.62. The summed E-state index contributed by atoms with van der Waals surface area (Å²) < 4.78 is 82.6. The third kappa shape index (κ3) is 9.99. The number of nitrogen functional groups attached to an aromatic ring is 1. The zero-order chi connectivity index (χ0) is 35.8. The lowest BCUT2D eigenvalue weighted by Crippen LogP contribution is -2.42. The lowest BCUT2D eigenvalue weighted by Gasteiger charge is -2.24. The Labute approximate surface area is 282 Å². The molecule has 0 spiro atoms. The SMILES string of the molecule is CO[Si](CCCNc1nc(NCCS(=O)(=O)O)nc(Nc2ccc(/N=N/c3c(N)ccc4cccc(O)c34)c(S(=O)(=O)O)c2)n1)(OC)OC. The molecule has 3 aromatic carbocycles. The Morgan fingerprint density at radius 2 is 1.51 bits per heavy atom. The highest BCUT2D eigenvalue weighted by molar-refractivity contribution is 7.86. The molecule has 0 saturated heterocycles. The molecular formula is C27H35N9O10S2Si. The molecule has 0 aliphatic carbocycles. The van der Waals surface area contributed by atoms with Crippen LogP contribution in [0.3, 0.4) is 0 Å². The lowest BCUT2D eigenvalue weighted by molar-refractivity contribution is 0.123. The van der Waals surface area contributed by atoms with Crippen LogP contribution in [0.15, 0.2) is 63.7 Å². The molecule has 49 heavy (non-hydrogen) atoms. The first-order chi connectivity index (χ1) is 23.2. The maximum absolute atomic E-state index is 12.4. The van der Waals surface area contributed by atoms with Crippen LogP contribution >= 0.6 is 0 Å². The molecule has 0 unspecified atom stereocenters. The number of fused-ring (bicyclic) bond motifs is 1. The van der Waals surface area contributed by atoms with Crippen molar-refractivity contribution in [3.8, 4) is 5.75 Å². The van der Waals surface area contributed by atoms with Crippen molar-refractivity contribution in [2.24, 2.45) is 10.2 Å². The van der Waals surface area contributed by atoms with Gasteiger partial charge < -0.3 is 40.1 Å². The maximum Gasteiger partial charge on any atom is 0.500 e. The van der Waals surface area contributed by atoms with Gasteiger partial charge in [-0.3, -0.25) is 9.11 Å². The van der Waals surface area contributed by atoms with E-state index in [1.54, 1.807) is 24.3 Å². The van der Waals surface area contributed by atoms with Crippen LogP contribution in [-0.2, 0) is 33.5 Å². The second kappa shape index (κ2) is 15.8. The maximum atomic E-state index is 12.4. The highest BCUT2D eigenvalue weighted by Gasteiger charge is 2.36. The third-order valence-electron chi connectivity index (χ3n) is 6.93. The van der Waals surface area contributed by atoms with Crippen molar-refractivity contribution in [2.45, 2.75) is 17.4 Å². The second-order valence-electron chi connectivity index (χ2n) is 10.2. The molecule has 0 amide bonds. The Kier molecular flexibility index (Phi) is 12.0. The van der Waals surface area contributed by atoms with Gasteiger partial charge in [-0.1, -0.05) is 18.2 Å². The summed E-state index contributed by atoms with van der Waals surface area (Å²) in [4.78, 5) is 12.1. The first kappa shape index (κ1) is 37.3. The van der Waals surface area contributed by atoms with Gasteiger partial charge in [0.15, 0.2) is 0 Å². The summed E-state index contributed by atoms with van der Waals surface area (Å²) in [5.74, 6) is -0.853. The molecule has 22 heteroatoms. The molecule has 1 heterocycles. The Morgan fingerprint density at radius 1 is 0.857 bits per heavy atom. The quantitative estimate of drug-likeness (QED) is 0.0267. The molecule has 0 aliphatic rings. The lowest BCUT2D eigenvalue weighted by atomic mass is 10.1. The summed E-state index contributed by atoms with van der Waals surface area (Å²) in [5.41, 5.74) is 6.20. The van der Waals surface area contributed by atoms with E-state index in [0.717, 1.165) is 6.07 Å². The van der Waals surface area contributed by atoms with Crippen LogP contribution in [0.4, 0.5) is 40.6 Å². The van der Waals surface area contributed by atoms with Gasteiger partial charge in [-0.2, -0.15) is 31.8 Å². The van der Waals surface area contributed by atoms with Gasteiger partial charge in [-0.25, -0.2) is 0 Å². The summed E-state index contributed by atoms with van der Waals surface area (Å²) in [7, 11) is -7.47. The number of hydrogen-bond donors (Lipinski definition) is 7. The van der Waals surface area contributed by atoms with E-state index in [-0.39, 0.29) is 52.9 Å². The Hall–Kier alpha value is -4.55. The predicted octanol–water partition coefficient (Wildman–Crippen LogP) is 3.70.